The van der Waals surface area contributed by atoms with Crippen LogP contribution in [-0.2, 0) is 0 Å². The van der Waals surface area contributed by atoms with Crippen molar-refractivity contribution in [2.45, 2.75) is 38.8 Å². The quantitative estimate of drug-likeness (QED) is 0.850. The van der Waals surface area contributed by atoms with Crippen LogP contribution in [0.5, 0.6) is 11.5 Å². The van der Waals surface area contributed by atoms with Crippen LogP contribution < -0.4 is 15.2 Å². The Balaban J connectivity index is 2.20. The molecule has 3 heteroatoms. The summed E-state index contributed by atoms with van der Waals surface area (Å²) in [6.07, 6.45) is 2.21. The molecule has 2 atom stereocenters. The SMILES string of the molecule is CCCC1Oc2ccc(OCC)cc2C1N. The van der Waals surface area contributed by atoms with E-state index in [1.165, 1.54) is 0 Å². The number of hydrogen-bond acceptors (Lipinski definition) is 3. The van der Waals surface area contributed by atoms with Crippen molar-refractivity contribution in [2.24, 2.45) is 5.73 Å². The third-order valence-corrected chi connectivity index (χ3v) is 2.90. The van der Waals surface area contributed by atoms with Crippen LogP contribution in [0.1, 0.15) is 38.3 Å². The van der Waals surface area contributed by atoms with Gasteiger partial charge in [0.15, 0.2) is 0 Å². The van der Waals surface area contributed by atoms with Gasteiger partial charge in [-0.05, 0) is 31.5 Å². The molecule has 0 aliphatic carbocycles. The van der Waals surface area contributed by atoms with Crippen molar-refractivity contribution in [1.82, 2.24) is 0 Å². The first-order chi connectivity index (χ1) is 7.76. The fraction of sp³-hybridized carbons (Fsp3) is 0.538. The molecule has 0 saturated carbocycles. The van der Waals surface area contributed by atoms with Gasteiger partial charge in [-0.3, -0.25) is 0 Å². The Morgan fingerprint density at radius 3 is 2.88 bits per heavy atom. The zero-order chi connectivity index (χ0) is 11.5. The summed E-state index contributed by atoms with van der Waals surface area (Å²) >= 11 is 0. The molecule has 0 amide bonds. The summed E-state index contributed by atoms with van der Waals surface area (Å²) in [5.41, 5.74) is 7.23. The second kappa shape index (κ2) is 4.74. The molecule has 0 aromatic heterocycles. The van der Waals surface area contributed by atoms with Crippen molar-refractivity contribution in [1.29, 1.82) is 0 Å². The minimum atomic E-state index is -0.0182. The molecule has 0 fully saturated rings. The summed E-state index contributed by atoms with van der Waals surface area (Å²) in [5, 5.41) is 0. The molecule has 88 valence electrons. The zero-order valence-corrected chi connectivity index (χ0v) is 9.90. The molecule has 1 aliphatic rings. The zero-order valence-electron chi connectivity index (χ0n) is 9.90. The van der Waals surface area contributed by atoms with Crippen LogP contribution in [0.15, 0.2) is 18.2 Å². The summed E-state index contributed by atoms with van der Waals surface area (Å²) in [6.45, 7) is 4.79. The van der Waals surface area contributed by atoms with E-state index in [0.717, 1.165) is 29.9 Å². The van der Waals surface area contributed by atoms with E-state index in [1.54, 1.807) is 0 Å². The first kappa shape index (κ1) is 11.3. The molecule has 16 heavy (non-hydrogen) atoms. The topological polar surface area (TPSA) is 44.5 Å². The molecule has 1 aliphatic heterocycles. The molecule has 1 heterocycles. The molecular weight excluding hydrogens is 202 g/mol. The van der Waals surface area contributed by atoms with Crippen molar-refractivity contribution in [3.63, 3.8) is 0 Å². The van der Waals surface area contributed by atoms with Crippen LogP contribution in [0.4, 0.5) is 0 Å². The van der Waals surface area contributed by atoms with Gasteiger partial charge in [-0.25, -0.2) is 0 Å². The number of rotatable bonds is 4. The number of benzene rings is 1. The van der Waals surface area contributed by atoms with Crippen LogP contribution in [0, 0.1) is 0 Å². The van der Waals surface area contributed by atoms with E-state index >= 15 is 0 Å². The van der Waals surface area contributed by atoms with Crippen LogP contribution >= 0.6 is 0 Å². The second-order valence-corrected chi connectivity index (χ2v) is 4.10. The van der Waals surface area contributed by atoms with Crippen molar-refractivity contribution in [3.8, 4) is 11.5 Å². The lowest BCUT2D eigenvalue weighted by Gasteiger charge is -2.13. The van der Waals surface area contributed by atoms with Crippen LogP contribution in [0.25, 0.3) is 0 Å². The van der Waals surface area contributed by atoms with E-state index < -0.39 is 0 Å². The molecule has 2 rings (SSSR count). The Kier molecular flexibility index (Phi) is 3.34. The lowest BCUT2D eigenvalue weighted by atomic mass is 10.0. The van der Waals surface area contributed by atoms with Gasteiger partial charge < -0.3 is 15.2 Å². The fourth-order valence-corrected chi connectivity index (χ4v) is 2.11. The lowest BCUT2D eigenvalue weighted by molar-refractivity contribution is 0.195. The van der Waals surface area contributed by atoms with Gasteiger partial charge in [0.2, 0.25) is 0 Å². The highest BCUT2D eigenvalue weighted by Gasteiger charge is 2.30. The predicted octanol–water partition coefficient (Wildman–Crippen LogP) is 2.65. The first-order valence-corrected chi connectivity index (χ1v) is 5.95. The first-order valence-electron chi connectivity index (χ1n) is 5.95. The number of hydrogen-bond donors (Lipinski definition) is 1. The molecule has 1 aromatic rings. The summed E-state index contributed by atoms with van der Waals surface area (Å²) < 4.78 is 11.3. The molecule has 1 aromatic carbocycles. The van der Waals surface area contributed by atoms with Gasteiger partial charge >= 0.3 is 0 Å². The largest absolute Gasteiger partial charge is 0.494 e. The monoisotopic (exact) mass is 221 g/mol. The maximum atomic E-state index is 6.16. The molecular formula is C13H19NO2. The summed E-state index contributed by atoms with van der Waals surface area (Å²) in [5.74, 6) is 1.78. The van der Waals surface area contributed by atoms with Crippen molar-refractivity contribution < 1.29 is 9.47 Å². The third kappa shape index (κ3) is 2.00. The molecule has 3 nitrogen and oxygen atoms in total. The van der Waals surface area contributed by atoms with E-state index in [1.807, 2.05) is 25.1 Å². The van der Waals surface area contributed by atoms with Gasteiger partial charge in [-0.2, -0.15) is 0 Å². The number of ether oxygens (including phenoxy) is 2. The highest BCUT2D eigenvalue weighted by atomic mass is 16.5. The maximum absolute atomic E-state index is 6.16. The van der Waals surface area contributed by atoms with Crippen LogP contribution in [0.3, 0.4) is 0 Å². The predicted molar refractivity (Wildman–Crippen MR) is 63.9 cm³/mol. The standard InChI is InChI=1S/C13H19NO2/c1-3-5-12-13(14)10-8-9(15-4-2)6-7-11(10)16-12/h6-8,12-13H,3-5,14H2,1-2H3. The average molecular weight is 221 g/mol. The van der Waals surface area contributed by atoms with Gasteiger partial charge in [0.05, 0.1) is 12.6 Å². The fourth-order valence-electron chi connectivity index (χ4n) is 2.11. The summed E-state index contributed by atoms with van der Waals surface area (Å²) in [4.78, 5) is 0. The number of fused-ring (bicyclic) bond motifs is 1. The Labute approximate surface area is 96.5 Å². The van der Waals surface area contributed by atoms with E-state index in [0.29, 0.717) is 6.61 Å². The van der Waals surface area contributed by atoms with Gasteiger partial charge in [-0.15, -0.1) is 0 Å². The highest BCUT2D eigenvalue weighted by molar-refractivity contribution is 5.45. The molecule has 2 unspecified atom stereocenters. The molecule has 0 saturated heterocycles. The van der Waals surface area contributed by atoms with E-state index in [9.17, 15) is 0 Å². The van der Waals surface area contributed by atoms with E-state index in [-0.39, 0.29) is 12.1 Å². The Morgan fingerprint density at radius 2 is 2.19 bits per heavy atom. The second-order valence-electron chi connectivity index (χ2n) is 4.10. The van der Waals surface area contributed by atoms with Gasteiger partial charge in [0.25, 0.3) is 0 Å². The normalized spacial score (nSPS) is 22.7. The smallest absolute Gasteiger partial charge is 0.125 e. The van der Waals surface area contributed by atoms with Gasteiger partial charge in [-0.1, -0.05) is 13.3 Å². The van der Waals surface area contributed by atoms with E-state index in [4.69, 9.17) is 15.2 Å². The van der Waals surface area contributed by atoms with Gasteiger partial charge in [0, 0.05) is 5.56 Å². The molecule has 0 bridgehead atoms. The Morgan fingerprint density at radius 1 is 1.38 bits per heavy atom. The van der Waals surface area contributed by atoms with Crippen molar-refractivity contribution in [2.75, 3.05) is 6.61 Å². The highest BCUT2D eigenvalue weighted by Crippen LogP contribution is 2.38. The Hall–Kier alpha value is -1.22. The van der Waals surface area contributed by atoms with Gasteiger partial charge in [0.1, 0.15) is 17.6 Å². The molecule has 2 N–H and O–H groups in total. The van der Waals surface area contributed by atoms with Crippen LogP contribution in [0.2, 0.25) is 0 Å². The minimum Gasteiger partial charge on any atom is -0.494 e. The Bertz CT molecular complexity index is 365. The maximum Gasteiger partial charge on any atom is 0.125 e. The van der Waals surface area contributed by atoms with E-state index in [2.05, 4.69) is 6.92 Å². The molecule has 0 spiro atoms. The third-order valence-electron chi connectivity index (χ3n) is 2.90. The minimum absolute atomic E-state index is 0.0182. The number of nitrogens with two attached hydrogens (primary N) is 1. The summed E-state index contributed by atoms with van der Waals surface area (Å²) in [6, 6.07) is 5.87. The lowest BCUT2D eigenvalue weighted by Crippen LogP contribution is -2.24. The average Bonchev–Trinajstić information content (AvgIpc) is 2.58. The van der Waals surface area contributed by atoms with Crippen LogP contribution in [-0.4, -0.2) is 12.7 Å². The molecule has 0 radical (unpaired) electrons. The summed E-state index contributed by atoms with van der Waals surface area (Å²) in [7, 11) is 0. The van der Waals surface area contributed by atoms with Crippen molar-refractivity contribution >= 4 is 0 Å². The van der Waals surface area contributed by atoms with Crippen molar-refractivity contribution in [3.05, 3.63) is 23.8 Å².